The van der Waals surface area contributed by atoms with Crippen molar-refractivity contribution in [3.05, 3.63) is 64.4 Å². The molecule has 2 aromatic carbocycles. The Morgan fingerprint density at radius 1 is 1.09 bits per heavy atom. The SMILES string of the molecule is NNC(=O)c1ccc(Nc2nc3ccccc3c(=O)[nH]2)cc1. The number of nitrogens with two attached hydrogens (primary N) is 1. The molecular formula is C15H13N5O2. The highest BCUT2D eigenvalue weighted by atomic mass is 16.2. The summed E-state index contributed by atoms with van der Waals surface area (Å²) in [5, 5.41) is 3.52. The molecule has 0 aliphatic carbocycles. The third-order valence-electron chi connectivity index (χ3n) is 3.15. The maximum absolute atomic E-state index is 12.0. The smallest absolute Gasteiger partial charge is 0.265 e. The van der Waals surface area contributed by atoms with Crippen LogP contribution in [-0.2, 0) is 0 Å². The molecule has 0 radical (unpaired) electrons. The van der Waals surface area contributed by atoms with Gasteiger partial charge in [-0.1, -0.05) is 12.1 Å². The van der Waals surface area contributed by atoms with Gasteiger partial charge in [0.25, 0.3) is 11.5 Å². The molecular weight excluding hydrogens is 282 g/mol. The van der Waals surface area contributed by atoms with Gasteiger partial charge in [0.1, 0.15) is 0 Å². The number of anilines is 2. The van der Waals surface area contributed by atoms with Crippen LogP contribution in [0.15, 0.2) is 53.3 Å². The summed E-state index contributed by atoms with van der Waals surface area (Å²) in [6.07, 6.45) is 0. The number of hydrazine groups is 1. The Labute approximate surface area is 125 Å². The zero-order chi connectivity index (χ0) is 15.5. The van der Waals surface area contributed by atoms with Gasteiger partial charge in [-0.2, -0.15) is 0 Å². The highest BCUT2D eigenvalue weighted by Crippen LogP contribution is 2.15. The Bertz CT molecular complexity index is 886. The van der Waals surface area contributed by atoms with Gasteiger partial charge in [-0.05, 0) is 36.4 Å². The fourth-order valence-corrected chi connectivity index (χ4v) is 2.07. The van der Waals surface area contributed by atoms with Crippen LogP contribution in [0.2, 0.25) is 0 Å². The summed E-state index contributed by atoms with van der Waals surface area (Å²) in [6.45, 7) is 0. The lowest BCUT2D eigenvalue weighted by Gasteiger charge is -2.07. The Balaban J connectivity index is 1.90. The van der Waals surface area contributed by atoms with Gasteiger partial charge in [-0.25, -0.2) is 10.8 Å². The summed E-state index contributed by atoms with van der Waals surface area (Å²) in [6, 6.07) is 13.7. The molecule has 3 rings (SSSR count). The lowest BCUT2D eigenvalue weighted by atomic mass is 10.2. The van der Waals surface area contributed by atoms with Gasteiger partial charge in [0.15, 0.2) is 0 Å². The van der Waals surface area contributed by atoms with E-state index in [4.69, 9.17) is 5.84 Å². The van der Waals surface area contributed by atoms with Gasteiger partial charge in [-0.15, -0.1) is 0 Å². The number of carbonyl (C=O) groups excluding carboxylic acids is 1. The molecule has 110 valence electrons. The van der Waals surface area contributed by atoms with Crippen LogP contribution < -0.4 is 22.1 Å². The minimum atomic E-state index is -0.371. The maximum atomic E-state index is 12.0. The maximum Gasteiger partial charge on any atom is 0.265 e. The van der Waals surface area contributed by atoms with E-state index in [1.165, 1.54) is 0 Å². The molecule has 5 N–H and O–H groups in total. The molecule has 3 aromatic rings. The molecule has 1 aromatic heterocycles. The number of fused-ring (bicyclic) bond motifs is 1. The van der Waals surface area contributed by atoms with Crippen molar-refractivity contribution in [2.24, 2.45) is 5.84 Å². The Morgan fingerprint density at radius 2 is 1.82 bits per heavy atom. The molecule has 1 amide bonds. The molecule has 0 unspecified atom stereocenters. The second-order valence-corrected chi connectivity index (χ2v) is 4.61. The molecule has 0 saturated carbocycles. The van der Waals surface area contributed by atoms with Crippen molar-refractivity contribution < 1.29 is 4.79 Å². The summed E-state index contributed by atoms with van der Waals surface area (Å²) in [4.78, 5) is 30.3. The molecule has 0 fully saturated rings. The van der Waals surface area contributed by atoms with E-state index in [-0.39, 0.29) is 11.5 Å². The number of para-hydroxylation sites is 1. The van der Waals surface area contributed by atoms with E-state index in [2.05, 4.69) is 20.7 Å². The first kappa shape index (κ1) is 13.8. The topological polar surface area (TPSA) is 113 Å². The first-order valence-corrected chi connectivity index (χ1v) is 6.54. The number of aromatic nitrogens is 2. The number of nitrogens with zero attached hydrogens (tertiary/aromatic N) is 1. The van der Waals surface area contributed by atoms with Crippen molar-refractivity contribution in [3.8, 4) is 0 Å². The van der Waals surface area contributed by atoms with E-state index in [9.17, 15) is 9.59 Å². The third-order valence-corrected chi connectivity index (χ3v) is 3.15. The number of rotatable bonds is 3. The van der Waals surface area contributed by atoms with E-state index < -0.39 is 0 Å². The molecule has 1 heterocycles. The van der Waals surface area contributed by atoms with Crippen molar-refractivity contribution >= 4 is 28.4 Å². The Morgan fingerprint density at radius 3 is 2.55 bits per heavy atom. The Kier molecular flexibility index (Phi) is 3.55. The predicted molar refractivity (Wildman–Crippen MR) is 83.7 cm³/mol. The van der Waals surface area contributed by atoms with Crippen molar-refractivity contribution in [1.82, 2.24) is 15.4 Å². The van der Waals surface area contributed by atoms with Crippen LogP contribution in [0.3, 0.4) is 0 Å². The number of nitrogen functional groups attached to an aromatic ring is 1. The second-order valence-electron chi connectivity index (χ2n) is 4.61. The van der Waals surface area contributed by atoms with Crippen LogP contribution in [0.1, 0.15) is 10.4 Å². The van der Waals surface area contributed by atoms with Crippen molar-refractivity contribution in [3.63, 3.8) is 0 Å². The molecule has 0 spiro atoms. The molecule has 7 nitrogen and oxygen atoms in total. The summed E-state index contributed by atoms with van der Waals surface area (Å²) in [7, 11) is 0. The molecule has 7 heteroatoms. The number of benzene rings is 2. The predicted octanol–water partition coefficient (Wildman–Crippen LogP) is 1.27. The summed E-state index contributed by atoms with van der Waals surface area (Å²) < 4.78 is 0. The fourth-order valence-electron chi connectivity index (χ4n) is 2.07. The highest BCUT2D eigenvalue weighted by molar-refractivity contribution is 5.94. The minimum absolute atomic E-state index is 0.216. The zero-order valence-electron chi connectivity index (χ0n) is 11.5. The van der Waals surface area contributed by atoms with Crippen LogP contribution in [-0.4, -0.2) is 15.9 Å². The normalized spacial score (nSPS) is 10.4. The third kappa shape index (κ3) is 2.65. The van der Waals surface area contributed by atoms with Crippen LogP contribution in [0.4, 0.5) is 11.6 Å². The monoisotopic (exact) mass is 295 g/mol. The van der Waals surface area contributed by atoms with E-state index >= 15 is 0 Å². The number of aromatic amines is 1. The highest BCUT2D eigenvalue weighted by Gasteiger charge is 2.05. The Hall–Kier alpha value is -3.19. The van der Waals surface area contributed by atoms with Gasteiger partial charge in [0.2, 0.25) is 5.95 Å². The van der Waals surface area contributed by atoms with E-state index in [0.29, 0.717) is 28.1 Å². The summed E-state index contributed by atoms with van der Waals surface area (Å²) in [5.74, 6) is 5.03. The van der Waals surface area contributed by atoms with Gasteiger partial charge >= 0.3 is 0 Å². The van der Waals surface area contributed by atoms with Crippen LogP contribution in [0, 0.1) is 0 Å². The zero-order valence-corrected chi connectivity index (χ0v) is 11.5. The molecule has 0 atom stereocenters. The largest absolute Gasteiger partial charge is 0.326 e. The second kappa shape index (κ2) is 5.66. The number of hydrogen-bond acceptors (Lipinski definition) is 5. The summed E-state index contributed by atoms with van der Waals surface area (Å²) >= 11 is 0. The van der Waals surface area contributed by atoms with Crippen LogP contribution >= 0.6 is 0 Å². The lowest BCUT2D eigenvalue weighted by molar-refractivity contribution is 0.0953. The minimum Gasteiger partial charge on any atom is -0.326 e. The van der Waals surface area contributed by atoms with Gasteiger partial charge in [-0.3, -0.25) is 20.0 Å². The molecule has 22 heavy (non-hydrogen) atoms. The first-order chi connectivity index (χ1) is 10.7. The molecule has 0 aliphatic heterocycles. The number of amides is 1. The van der Waals surface area contributed by atoms with Crippen molar-refractivity contribution in [2.75, 3.05) is 5.32 Å². The van der Waals surface area contributed by atoms with Crippen LogP contribution in [0.5, 0.6) is 0 Å². The number of H-pyrrole nitrogens is 1. The van der Waals surface area contributed by atoms with Gasteiger partial charge < -0.3 is 5.32 Å². The average Bonchev–Trinajstić information content (AvgIpc) is 2.55. The number of nitrogens with one attached hydrogen (secondary N) is 3. The average molecular weight is 295 g/mol. The standard InChI is InChI=1S/C15H13N5O2/c16-20-13(21)9-5-7-10(8-6-9)17-15-18-12-4-2-1-3-11(12)14(22)19-15/h1-8H,16H2,(H,20,21)(H2,17,18,19,22). The van der Waals surface area contributed by atoms with Crippen molar-refractivity contribution in [1.29, 1.82) is 0 Å². The van der Waals surface area contributed by atoms with Crippen molar-refractivity contribution in [2.45, 2.75) is 0 Å². The number of carbonyl (C=O) groups is 1. The van der Waals surface area contributed by atoms with Gasteiger partial charge in [0, 0.05) is 11.3 Å². The molecule has 0 saturated heterocycles. The van der Waals surface area contributed by atoms with E-state index in [1.54, 1.807) is 42.5 Å². The molecule has 0 bridgehead atoms. The quantitative estimate of drug-likeness (QED) is 0.330. The fraction of sp³-hybridized carbons (Fsp3) is 0. The van der Waals surface area contributed by atoms with Gasteiger partial charge in [0.05, 0.1) is 10.9 Å². The lowest BCUT2D eigenvalue weighted by Crippen LogP contribution is -2.29. The number of hydrogen-bond donors (Lipinski definition) is 4. The van der Waals surface area contributed by atoms with E-state index in [1.807, 2.05) is 6.07 Å². The van der Waals surface area contributed by atoms with Crippen LogP contribution in [0.25, 0.3) is 10.9 Å². The summed E-state index contributed by atoms with van der Waals surface area (Å²) in [5.41, 5.74) is 3.57. The molecule has 0 aliphatic rings. The first-order valence-electron chi connectivity index (χ1n) is 6.54. The van der Waals surface area contributed by atoms with E-state index in [0.717, 1.165) is 0 Å².